The van der Waals surface area contributed by atoms with Gasteiger partial charge in [0.15, 0.2) is 5.82 Å². The third kappa shape index (κ3) is 3.82. The Hall–Kier alpha value is -3.22. The van der Waals surface area contributed by atoms with E-state index in [1.54, 1.807) is 40.9 Å². The van der Waals surface area contributed by atoms with Crippen LogP contribution in [0.25, 0.3) is 0 Å². The maximum atomic E-state index is 12.7. The highest BCUT2D eigenvalue weighted by Crippen LogP contribution is 2.19. The molecule has 0 fully saturated rings. The summed E-state index contributed by atoms with van der Waals surface area (Å²) in [7, 11) is 1.75. The Kier molecular flexibility index (Phi) is 5.03. The second-order valence-electron chi connectivity index (χ2n) is 5.43. The average molecular weight is 337 g/mol. The number of tetrazole rings is 1. The number of anilines is 1. The molecule has 0 saturated carbocycles. The van der Waals surface area contributed by atoms with Crippen LogP contribution in [0, 0.1) is 0 Å². The van der Waals surface area contributed by atoms with Gasteiger partial charge in [-0.3, -0.25) is 4.79 Å². The fourth-order valence-electron chi connectivity index (χ4n) is 2.40. The van der Waals surface area contributed by atoms with Crippen LogP contribution < -0.4 is 9.64 Å². The minimum Gasteiger partial charge on any atom is -0.486 e. The highest BCUT2D eigenvalue weighted by Gasteiger charge is 2.14. The van der Waals surface area contributed by atoms with Gasteiger partial charge < -0.3 is 9.64 Å². The van der Waals surface area contributed by atoms with E-state index in [0.29, 0.717) is 23.7 Å². The van der Waals surface area contributed by atoms with E-state index in [9.17, 15) is 4.79 Å². The largest absolute Gasteiger partial charge is 0.486 e. The van der Waals surface area contributed by atoms with Crippen molar-refractivity contribution >= 4 is 11.6 Å². The van der Waals surface area contributed by atoms with Crippen LogP contribution in [-0.4, -0.2) is 33.2 Å². The lowest BCUT2D eigenvalue weighted by molar-refractivity contribution is 0.0992. The minimum absolute atomic E-state index is 0.102. The number of carbonyl (C=O) groups excluding carboxylic acids is 1. The molecule has 0 saturated heterocycles. The van der Waals surface area contributed by atoms with Gasteiger partial charge in [0.2, 0.25) is 0 Å². The number of hydrogen-bond donors (Lipinski definition) is 0. The summed E-state index contributed by atoms with van der Waals surface area (Å²) in [5.74, 6) is 1.13. The number of hydrogen-bond acceptors (Lipinski definition) is 5. The molecule has 1 amide bonds. The molecule has 0 radical (unpaired) electrons. The van der Waals surface area contributed by atoms with E-state index >= 15 is 0 Å². The van der Waals surface area contributed by atoms with Gasteiger partial charge in [-0.05, 0) is 47.7 Å². The standard InChI is InChI=1S/C18H19N5O2/c1-3-23-17(19-20-21-23)13-25-16-11-7-8-14(12-16)18(24)22(2)15-9-5-4-6-10-15/h4-12H,3,13H2,1-2H3. The molecule has 3 aromatic rings. The number of carbonyl (C=O) groups is 1. The number of aryl methyl sites for hydroxylation is 1. The zero-order valence-corrected chi connectivity index (χ0v) is 14.2. The summed E-state index contributed by atoms with van der Waals surface area (Å²) in [5.41, 5.74) is 1.39. The topological polar surface area (TPSA) is 73.1 Å². The highest BCUT2D eigenvalue weighted by molar-refractivity contribution is 6.05. The summed E-state index contributed by atoms with van der Waals surface area (Å²) < 4.78 is 7.40. The lowest BCUT2D eigenvalue weighted by Crippen LogP contribution is -2.26. The first-order valence-electron chi connectivity index (χ1n) is 8.00. The van der Waals surface area contributed by atoms with Crippen molar-refractivity contribution in [1.29, 1.82) is 0 Å². The molecule has 0 aliphatic rings. The minimum atomic E-state index is -0.102. The Balaban J connectivity index is 1.71. The fraction of sp³-hybridized carbons (Fsp3) is 0.222. The maximum absolute atomic E-state index is 12.7. The van der Waals surface area contributed by atoms with Gasteiger partial charge in [-0.15, -0.1) is 5.10 Å². The van der Waals surface area contributed by atoms with Crippen molar-refractivity contribution < 1.29 is 9.53 Å². The molecule has 7 heteroatoms. The van der Waals surface area contributed by atoms with Gasteiger partial charge in [-0.1, -0.05) is 24.3 Å². The van der Waals surface area contributed by atoms with Crippen LogP contribution in [0.1, 0.15) is 23.1 Å². The number of aromatic nitrogens is 4. The normalized spacial score (nSPS) is 10.5. The lowest BCUT2D eigenvalue weighted by Gasteiger charge is -2.17. The summed E-state index contributed by atoms with van der Waals surface area (Å²) in [6.45, 7) is 2.87. The van der Waals surface area contributed by atoms with Gasteiger partial charge in [0, 0.05) is 24.8 Å². The van der Waals surface area contributed by atoms with Crippen LogP contribution in [0.5, 0.6) is 5.75 Å². The van der Waals surface area contributed by atoms with Crippen LogP contribution in [0.15, 0.2) is 54.6 Å². The van der Waals surface area contributed by atoms with Crippen molar-refractivity contribution in [1.82, 2.24) is 20.2 Å². The second-order valence-corrected chi connectivity index (χ2v) is 5.43. The summed E-state index contributed by atoms with van der Waals surface area (Å²) in [6, 6.07) is 16.6. The summed E-state index contributed by atoms with van der Waals surface area (Å²) in [4.78, 5) is 14.3. The van der Waals surface area contributed by atoms with Crippen LogP contribution in [-0.2, 0) is 13.2 Å². The SMILES string of the molecule is CCn1nnnc1COc1cccc(C(=O)N(C)c2ccccc2)c1. The van der Waals surface area contributed by atoms with Crippen molar-refractivity contribution in [2.75, 3.05) is 11.9 Å². The molecule has 2 aromatic carbocycles. The Morgan fingerprint density at radius 1 is 1.16 bits per heavy atom. The maximum Gasteiger partial charge on any atom is 0.258 e. The zero-order chi connectivity index (χ0) is 17.6. The number of benzene rings is 2. The molecule has 7 nitrogen and oxygen atoms in total. The van der Waals surface area contributed by atoms with Crippen molar-refractivity contribution in [3.05, 3.63) is 66.0 Å². The van der Waals surface area contributed by atoms with Gasteiger partial charge in [-0.25, -0.2) is 4.68 Å². The Labute approximate surface area is 145 Å². The summed E-state index contributed by atoms with van der Waals surface area (Å²) >= 11 is 0. The van der Waals surface area contributed by atoms with Crippen molar-refractivity contribution in [3.8, 4) is 5.75 Å². The van der Waals surface area contributed by atoms with Crippen LogP contribution in [0.3, 0.4) is 0 Å². The summed E-state index contributed by atoms with van der Waals surface area (Å²) in [5, 5.41) is 11.4. The molecule has 0 bridgehead atoms. The van der Waals surface area contributed by atoms with E-state index in [-0.39, 0.29) is 12.5 Å². The van der Waals surface area contributed by atoms with E-state index < -0.39 is 0 Å². The predicted octanol–water partition coefficient (Wildman–Crippen LogP) is 2.55. The molecule has 0 aliphatic carbocycles. The summed E-state index contributed by atoms with van der Waals surface area (Å²) in [6.07, 6.45) is 0. The lowest BCUT2D eigenvalue weighted by atomic mass is 10.2. The molecule has 0 atom stereocenters. The van der Waals surface area contributed by atoms with Crippen molar-refractivity contribution in [2.45, 2.75) is 20.1 Å². The van der Waals surface area contributed by atoms with E-state index in [2.05, 4.69) is 15.5 Å². The van der Waals surface area contributed by atoms with E-state index in [1.165, 1.54) is 0 Å². The second kappa shape index (κ2) is 7.57. The van der Waals surface area contributed by atoms with E-state index in [1.807, 2.05) is 37.3 Å². The molecule has 0 aliphatic heterocycles. The van der Waals surface area contributed by atoms with Crippen LogP contribution in [0.2, 0.25) is 0 Å². The zero-order valence-electron chi connectivity index (χ0n) is 14.2. The first-order chi connectivity index (χ1) is 12.2. The molecule has 1 aromatic heterocycles. The number of amides is 1. The number of rotatable bonds is 6. The fourth-order valence-corrected chi connectivity index (χ4v) is 2.40. The number of nitrogens with zero attached hydrogens (tertiary/aromatic N) is 5. The van der Waals surface area contributed by atoms with Gasteiger partial charge >= 0.3 is 0 Å². The number of ether oxygens (including phenoxy) is 1. The molecule has 128 valence electrons. The predicted molar refractivity (Wildman–Crippen MR) is 93.4 cm³/mol. The molecular weight excluding hydrogens is 318 g/mol. The smallest absolute Gasteiger partial charge is 0.258 e. The third-order valence-electron chi connectivity index (χ3n) is 3.80. The molecule has 3 rings (SSSR count). The third-order valence-corrected chi connectivity index (χ3v) is 3.80. The van der Waals surface area contributed by atoms with Crippen molar-refractivity contribution in [2.24, 2.45) is 0 Å². The first-order valence-corrected chi connectivity index (χ1v) is 8.00. The van der Waals surface area contributed by atoms with Crippen LogP contribution in [0.4, 0.5) is 5.69 Å². The quantitative estimate of drug-likeness (QED) is 0.691. The Bertz CT molecular complexity index is 847. The highest BCUT2D eigenvalue weighted by atomic mass is 16.5. The molecule has 0 N–H and O–H groups in total. The van der Waals surface area contributed by atoms with E-state index in [4.69, 9.17) is 4.74 Å². The molecule has 25 heavy (non-hydrogen) atoms. The first kappa shape index (κ1) is 16.6. The van der Waals surface area contributed by atoms with Gasteiger partial charge in [0.25, 0.3) is 5.91 Å². The molecule has 1 heterocycles. The Morgan fingerprint density at radius 2 is 1.96 bits per heavy atom. The Morgan fingerprint density at radius 3 is 2.72 bits per heavy atom. The van der Waals surface area contributed by atoms with Crippen LogP contribution >= 0.6 is 0 Å². The van der Waals surface area contributed by atoms with E-state index in [0.717, 1.165) is 5.69 Å². The monoisotopic (exact) mass is 337 g/mol. The van der Waals surface area contributed by atoms with Gasteiger partial charge in [0.1, 0.15) is 12.4 Å². The number of para-hydroxylation sites is 1. The van der Waals surface area contributed by atoms with Gasteiger partial charge in [0.05, 0.1) is 0 Å². The molecule has 0 spiro atoms. The average Bonchev–Trinajstić information content (AvgIpc) is 3.13. The molecular formula is C18H19N5O2. The molecule has 0 unspecified atom stereocenters. The van der Waals surface area contributed by atoms with Crippen molar-refractivity contribution in [3.63, 3.8) is 0 Å². The van der Waals surface area contributed by atoms with Gasteiger partial charge in [-0.2, -0.15) is 0 Å².